The van der Waals surface area contributed by atoms with Crippen molar-refractivity contribution in [3.05, 3.63) is 37.2 Å². The summed E-state index contributed by atoms with van der Waals surface area (Å²) in [6.07, 6.45) is 1.45. The Kier molecular flexibility index (Phi) is 5.42. The molecule has 1 heterocycles. The Balaban J connectivity index is 2.48. The Bertz CT molecular complexity index is 733. The average molecular weight is 400 g/mol. The van der Waals surface area contributed by atoms with Gasteiger partial charge in [0, 0.05) is 30.8 Å². The largest absolute Gasteiger partial charge is 0.506 e. The molecule has 1 aromatic rings. The smallest absolute Gasteiger partial charge is 0.271 e. The second-order valence-corrected chi connectivity index (χ2v) is 6.40. The van der Waals surface area contributed by atoms with Crippen LogP contribution in [0.1, 0.15) is 19.4 Å². The summed E-state index contributed by atoms with van der Waals surface area (Å²) in [5, 5.41) is 21.6. The number of nitro benzene ring substituents is 1. The molecule has 0 atom stereocenters. The molecule has 1 aromatic carbocycles. The number of likely N-dealkylation sites (N-methyl/N-ethyl adjacent to an activating group) is 1. The van der Waals surface area contributed by atoms with E-state index in [1.54, 1.807) is 0 Å². The van der Waals surface area contributed by atoms with Crippen LogP contribution in [0.15, 0.2) is 26.5 Å². The number of hydrogen-bond acceptors (Lipinski definition) is 6. The van der Waals surface area contributed by atoms with Crippen LogP contribution in [0, 0.1) is 10.1 Å². The molecular weight excluding hydrogens is 386 g/mol. The Morgan fingerprint density at radius 3 is 2.74 bits per heavy atom. The number of amides is 1. The van der Waals surface area contributed by atoms with Crippen LogP contribution in [-0.2, 0) is 4.79 Å². The molecule has 9 heteroatoms. The minimum absolute atomic E-state index is 0.152. The fourth-order valence-corrected chi connectivity index (χ4v) is 3.56. The molecule has 7 nitrogen and oxygen atoms in total. The summed E-state index contributed by atoms with van der Waals surface area (Å²) in [4.78, 5) is 28.9. The number of halogens is 1. The molecule has 2 rings (SSSR count). The van der Waals surface area contributed by atoms with Gasteiger partial charge in [-0.3, -0.25) is 24.8 Å². The number of amidine groups is 1. The van der Waals surface area contributed by atoms with Crippen molar-refractivity contribution in [1.29, 1.82) is 0 Å². The summed E-state index contributed by atoms with van der Waals surface area (Å²) in [7, 11) is 0. The quantitative estimate of drug-likeness (QED) is 0.475. The standard InChI is InChI=1S/C14H14BrN3O4S/c1-3-16-14-17(4-2)13(20)11(23-14)6-8-5-9(18(21)22)7-10(15)12(8)19/h5-7,19H,3-4H2,1-2H3/b11-6+,16-14?. The molecule has 1 aliphatic heterocycles. The summed E-state index contributed by atoms with van der Waals surface area (Å²) in [6.45, 7) is 4.74. The van der Waals surface area contributed by atoms with Crippen molar-refractivity contribution in [3.8, 4) is 5.75 Å². The SMILES string of the molecule is CCN=C1S/C(=C/c2cc([N+](=O)[O-])cc(Br)c2O)C(=O)N1CC. The van der Waals surface area contributed by atoms with E-state index >= 15 is 0 Å². The Labute approximate surface area is 145 Å². The number of carbonyl (C=O) groups excluding carboxylic acids is 1. The summed E-state index contributed by atoms with van der Waals surface area (Å²) < 4.78 is 0.198. The van der Waals surface area contributed by atoms with Crippen LogP contribution in [0.25, 0.3) is 6.08 Å². The lowest BCUT2D eigenvalue weighted by Crippen LogP contribution is -2.28. The number of carbonyl (C=O) groups is 1. The molecule has 0 bridgehead atoms. The fraction of sp³-hybridized carbons (Fsp3) is 0.286. The van der Waals surface area contributed by atoms with Crippen LogP contribution in [0.5, 0.6) is 5.75 Å². The first-order valence-corrected chi connectivity index (χ1v) is 8.42. The number of nitrogens with zero attached hydrogens (tertiary/aromatic N) is 3. The number of aliphatic imine (C=N–C) groups is 1. The van der Waals surface area contributed by atoms with Gasteiger partial charge in [0.1, 0.15) is 5.75 Å². The van der Waals surface area contributed by atoms with Crippen LogP contribution < -0.4 is 0 Å². The van der Waals surface area contributed by atoms with Crippen LogP contribution in [0.4, 0.5) is 5.69 Å². The number of aromatic hydroxyl groups is 1. The maximum absolute atomic E-state index is 12.4. The van der Waals surface area contributed by atoms with Crippen LogP contribution in [0.3, 0.4) is 0 Å². The van der Waals surface area contributed by atoms with Gasteiger partial charge in [0.25, 0.3) is 11.6 Å². The number of rotatable bonds is 4. The highest BCUT2D eigenvalue weighted by Gasteiger charge is 2.32. The van der Waals surface area contributed by atoms with Gasteiger partial charge < -0.3 is 5.11 Å². The molecule has 122 valence electrons. The molecule has 1 fully saturated rings. The number of phenolic OH excluding ortho intramolecular Hbond substituents is 1. The topological polar surface area (TPSA) is 96.0 Å². The molecule has 0 unspecified atom stereocenters. The number of non-ortho nitro benzene ring substituents is 1. The van der Waals surface area contributed by atoms with Gasteiger partial charge in [0.05, 0.1) is 14.3 Å². The van der Waals surface area contributed by atoms with E-state index in [0.717, 1.165) is 0 Å². The molecule has 1 N–H and O–H groups in total. The second kappa shape index (κ2) is 7.14. The van der Waals surface area contributed by atoms with Crippen LogP contribution >= 0.6 is 27.7 Å². The predicted octanol–water partition coefficient (Wildman–Crippen LogP) is 3.38. The fourth-order valence-electron chi connectivity index (χ4n) is 2.00. The van der Waals surface area contributed by atoms with Gasteiger partial charge >= 0.3 is 0 Å². The lowest BCUT2D eigenvalue weighted by Gasteiger charge is -2.11. The van der Waals surface area contributed by atoms with Gasteiger partial charge in [-0.05, 0) is 47.6 Å². The van der Waals surface area contributed by atoms with E-state index in [2.05, 4.69) is 20.9 Å². The zero-order chi connectivity index (χ0) is 17.1. The summed E-state index contributed by atoms with van der Waals surface area (Å²) in [6, 6.07) is 2.44. The third-order valence-electron chi connectivity index (χ3n) is 3.07. The minimum Gasteiger partial charge on any atom is -0.506 e. The van der Waals surface area contributed by atoms with Crippen molar-refractivity contribution in [2.45, 2.75) is 13.8 Å². The lowest BCUT2D eigenvalue weighted by atomic mass is 10.1. The normalized spacial score (nSPS) is 18.2. The van der Waals surface area contributed by atoms with E-state index < -0.39 is 4.92 Å². The third kappa shape index (κ3) is 3.56. The zero-order valence-electron chi connectivity index (χ0n) is 12.4. The number of benzene rings is 1. The monoisotopic (exact) mass is 399 g/mol. The number of thioether (sulfide) groups is 1. The molecule has 0 radical (unpaired) electrons. The molecule has 1 saturated heterocycles. The van der Waals surface area contributed by atoms with E-state index in [-0.39, 0.29) is 27.4 Å². The first kappa shape index (κ1) is 17.5. The number of nitro groups is 1. The first-order chi connectivity index (χ1) is 10.9. The maximum atomic E-state index is 12.4. The van der Waals surface area contributed by atoms with E-state index in [0.29, 0.717) is 23.2 Å². The van der Waals surface area contributed by atoms with Gasteiger partial charge in [-0.1, -0.05) is 0 Å². The molecule has 0 saturated carbocycles. The van der Waals surface area contributed by atoms with Gasteiger partial charge in [-0.2, -0.15) is 0 Å². The highest BCUT2D eigenvalue weighted by molar-refractivity contribution is 9.10. The molecule has 1 aliphatic rings. The molecule has 0 spiro atoms. The molecule has 0 aromatic heterocycles. The Hall–Kier alpha value is -1.87. The number of phenols is 1. The molecule has 23 heavy (non-hydrogen) atoms. The van der Waals surface area contributed by atoms with Crippen molar-refractivity contribution in [3.63, 3.8) is 0 Å². The third-order valence-corrected chi connectivity index (χ3v) is 4.72. The molecule has 0 aliphatic carbocycles. The van der Waals surface area contributed by atoms with Crippen molar-refractivity contribution in [2.75, 3.05) is 13.1 Å². The lowest BCUT2D eigenvalue weighted by molar-refractivity contribution is -0.385. The van der Waals surface area contributed by atoms with E-state index in [9.17, 15) is 20.0 Å². The highest BCUT2D eigenvalue weighted by Crippen LogP contribution is 2.38. The van der Waals surface area contributed by atoms with Crippen molar-refractivity contribution < 1.29 is 14.8 Å². The Morgan fingerprint density at radius 2 is 2.17 bits per heavy atom. The van der Waals surface area contributed by atoms with Gasteiger partial charge in [0.15, 0.2) is 5.17 Å². The van der Waals surface area contributed by atoms with E-state index in [1.165, 1.54) is 34.9 Å². The van der Waals surface area contributed by atoms with Gasteiger partial charge in [-0.15, -0.1) is 0 Å². The second-order valence-electron chi connectivity index (χ2n) is 4.54. The summed E-state index contributed by atoms with van der Waals surface area (Å²) in [5.74, 6) is -0.382. The van der Waals surface area contributed by atoms with Crippen molar-refractivity contribution >= 4 is 50.5 Å². The highest BCUT2D eigenvalue weighted by atomic mass is 79.9. The van der Waals surface area contributed by atoms with E-state index in [4.69, 9.17) is 0 Å². The van der Waals surface area contributed by atoms with Crippen molar-refractivity contribution in [1.82, 2.24) is 4.90 Å². The summed E-state index contributed by atoms with van der Waals surface area (Å²) >= 11 is 4.27. The van der Waals surface area contributed by atoms with Crippen molar-refractivity contribution in [2.24, 2.45) is 4.99 Å². The van der Waals surface area contributed by atoms with Crippen LogP contribution in [0.2, 0.25) is 0 Å². The minimum atomic E-state index is -0.557. The Morgan fingerprint density at radius 1 is 1.48 bits per heavy atom. The average Bonchev–Trinajstić information content (AvgIpc) is 2.79. The van der Waals surface area contributed by atoms with Gasteiger partial charge in [-0.25, -0.2) is 0 Å². The van der Waals surface area contributed by atoms with Crippen LogP contribution in [-0.4, -0.2) is 39.1 Å². The molecular formula is C14H14BrN3O4S. The maximum Gasteiger partial charge on any atom is 0.271 e. The number of hydrogen-bond donors (Lipinski definition) is 1. The first-order valence-electron chi connectivity index (χ1n) is 6.81. The summed E-state index contributed by atoms with van der Waals surface area (Å²) in [5.41, 5.74) is 0.0301. The molecule has 1 amide bonds. The van der Waals surface area contributed by atoms with E-state index in [1.807, 2.05) is 13.8 Å². The zero-order valence-corrected chi connectivity index (χ0v) is 14.8. The van der Waals surface area contributed by atoms with Gasteiger partial charge in [0.2, 0.25) is 0 Å². The predicted molar refractivity (Wildman–Crippen MR) is 93.4 cm³/mol.